The van der Waals surface area contributed by atoms with Crippen molar-refractivity contribution >= 4 is 11.8 Å². The standard InChI is InChI=1S/C23H29FN2O2/c1-3-4-15-25-23(28)18(2)26(16-14-19-10-6-5-7-11-19)22(27)17-20-12-8-9-13-21(20)24/h5-13,18H,3-4,14-17H2,1-2H3,(H,25,28)/t18-/m0/s1. The lowest BCUT2D eigenvalue weighted by atomic mass is 10.1. The van der Waals surface area contributed by atoms with Gasteiger partial charge in [-0.3, -0.25) is 9.59 Å². The smallest absolute Gasteiger partial charge is 0.242 e. The van der Waals surface area contributed by atoms with Crippen LogP contribution >= 0.6 is 0 Å². The van der Waals surface area contributed by atoms with Crippen LogP contribution in [0.1, 0.15) is 37.8 Å². The number of halogens is 1. The first-order valence-electron chi connectivity index (χ1n) is 9.87. The number of nitrogens with zero attached hydrogens (tertiary/aromatic N) is 1. The van der Waals surface area contributed by atoms with Crippen LogP contribution in [0.25, 0.3) is 0 Å². The van der Waals surface area contributed by atoms with E-state index in [1.807, 2.05) is 30.3 Å². The van der Waals surface area contributed by atoms with Crippen LogP contribution in [0.15, 0.2) is 54.6 Å². The number of amides is 2. The summed E-state index contributed by atoms with van der Waals surface area (Å²) in [6, 6.07) is 15.5. The Labute approximate surface area is 166 Å². The van der Waals surface area contributed by atoms with Crippen molar-refractivity contribution in [1.29, 1.82) is 0 Å². The second-order valence-corrected chi connectivity index (χ2v) is 6.91. The van der Waals surface area contributed by atoms with Gasteiger partial charge in [0.05, 0.1) is 6.42 Å². The summed E-state index contributed by atoms with van der Waals surface area (Å²) in [7, 11) is 0. The van der Waals surface area contributed by atoms with E-state index < -0.39 is 11.9 Å². The number of rotatable bonds is 10. The van der Waals surface area contributed by atoms with Crippen molar-refractivity contribution in [1.82, 2.24) is 10.2 Å². The molecule has 0 radical (unpaired) electrons. The van der Waals surface area contributed by atoms with Gasteiger partial charge in [0.1, 0.15) is 11.9 Å². The highest BCUT2D eigenvalue weighted by Crippen LogP contribution is 2.12. The number of carbonyl (C=O) groups excluding carboxylic acids is 2. The normalized spacial score (nSPS) is 11.7. The van der Waals surface area contributed by atoms with Crippen molar-refractivity contribution in [2.75, 3.05) is 13.1 Å². The molecule has 0 aliphatic heterocycles. The molecule has 0 saturated carbocycles. The molecule has 0 unspecified atom stereocenters. The molecule has 2 rings (SSSR count). The maximum atomic E-state index is 14.0. The molecule has 2 amide bonds. The number of nitrogens with one attached hydrogen (secondary N) is 1. The zero-order valence-electron chi connectivity index (χ0n) is 16.7. The van der Waals surface area contributed by atoms with Crippen LogP contribution in [0, 0.1) is 5.82 Å². The summed E-state index contributed by atoms with van der Waals surface area (Å²) in [5.74, 6) is -0.832. The molecule has 0 saturated heterocycles. The summed E-state index contributed by atoms with van der Waals surface area (Å²) in [6.45, 7) is 4.78. The van der Waals surface area contributed by atoms with Gasteiger partial charge >= 0.3 is 0 Å². The molecule has 0 spiro atoms. The van der Waals surface area contributed by atoms with E-state index in [9.17, 15) is 14.0 Å². The highest BCUT2D eigenvalue weighted by molar-refractivity contribution is 5.88. The molecule has 1 N–H and O–H groups in total. The lowest BCUT2D eigenvalue weighted by Crippen LogP contribution is -2.49. The summed E-state index contributed by atoms with van der Waals surface area (Å²) in [5, 5.41) is 2.89. The topological polar surface area (TPSA) is 49.4 Å². The molecule has 0 bridgehead atoms. The molecule has 0 aliphatic carbocycles. The first-order chi connectivity index (χ1) is 13.5. The van der Waals surface area contributed by atoms with Gasteiger partial charge in [0, 0.05) is 13.1 Å². The van der Waals surface area contributed by atoms with Crippen LogP contribution in [0.2, 0.25) is 0 Å². The molecule has 150 valence electrons. The van der Waals surface area contributed by atoms with Gasteiger partial charge in [0.25, 0.3) is 0 Å². The number of benzene rings is 2. The van der Waals surface area contributed by atoms with Gasteiger partial charge in [-0.25, -0.2) is 4.39 Å². The Hall–Kier alpha value is -2.69. The zero-order valence-corrected chi connectivity index (χ0v) is 16.7. The van der Waals surface area contributed by atoms with Gasteiger partial charge in [0.15, 0.2) is 0 Å². The van der Waals surface area contributed by atoms with Crippen molar-refractivity contribution < 1.29 is 14.0 Å². The Morgan fingerprint density at radius 3 is 2.43 bits per heavy atom. The molecule has 1 atom stereocenters. The lowest BCUT2D eigenvalue weighted by molar-refractivity contribution is -0.139. The first kappa shape index (κ1) is 21.6. The van der Waals surface area contributed by atoms with E-state index in [0.717, 1.165) is 18.4 Å². The number of hydrogen-bond donors (Lipinski definition) is 1. The summed E-state index contributed by atoms with van der Waals surface area (Å²) < 4.78 is 14.0. The third-order valence-corrected chi connectivity index (χ3v) is 4.78. The van der Waals surface area contributed by atoms with Crippen LogP contribution < -0.4 is 5.32 Å². The van der Waals surface area contributed by atoms with Gasteiger partial charge in [0.2, 0.25) is 11.8 Å². The molecular weight excluding hydrogens is 355 g/mol. The maximum absolute atomic E-state index is 14.0. The van der Waals surface area contributed by atoms with Gasteiger partial charge in [-0.1, -0.05) is 61.9 Å². The summed E-state index contributed by atoms with van der Waals surface area (Å²) in [5.41, 5.74) is 1.43. The Bertz CT molecular complexity index is 764. The predicted octanol–water partition coefficient (Wildman–Crippen LogP) is 3.74. The molecule has 0 heterocycles. The largest absolute Gasteiger partial charge is 0.354 e. The highest BCUT2D eigenvalue weighted by Gasteiger charge is 2.26. The molecule has 0 aromatic heterocycles. The molecule has 4 nitrogen and oxygen atoms in total. The van der Waals surface area contributed by atoms with Crippen molar-refractivity contribution in [2.45, 2.75) is 45.6 Å². The summed E-state index contributed by atoms with van der Waals surface area (Å²) >= 11 is 0. The Balaban J connectivity index is 2.10. The minimum Gasteiger partial charge on any atom is -0.354 e. The third kappa shape index (κ3) is 6.48. The zero-order chi connectivity index (χ0) is 20.4. The van der Waals surface area contributed by atoms with Crippen LogP contribution in [0.4, 0.5) is 4.39 Å². The van der Waals surface area contributed by atoms with Crippen LogP contribution in [0.5, 0.6) is 0 Å². The van der Waals surface area contributed by atoms with E-state index in [1.165, 1.54) is 6.07 Å². The molecule has 0 aliphatic rings. The fourth-order valence-corrected chi connectivity index (χ4v) is 3.01. The molecule has 5 heteroatoms. The maximum Gasteiger partial charge on any atom is 0.242 e. The van der Waals surface area contributed by atoms with E-state index in [2.05, 4.69) is 12.2 Å². The monoisotopic (exact) mass is 384 g/mol. The predicted molar refractivity (Wildman–Crippen MR) is 109 cm³/mol. The number of unbranched alkanes of at least 4 members (excludes halogenated alkanes) is 1. The quantitative estimate of drug-likeness (QED) is 0.635. The van der Waals surface area contributed by atoms with Crippen LogP contribution in [-0.2, 0) is 22.4 Å². The van der Waals surface area contributed by atoms with Gasteiger partial charge in [-0.15, -0.1) is 0 Å². The Kier molecular flexibility index (Phi) is 8.66. The van der Waals surface area contributed by atoms with Gasteiger partial charge in [-0.2, -0.15) is 0 Å². The van der Waals surface area contributed by atoms with E-state index in [4.69, 9.17) is 0 Å². The van der Waals surface area contributed by atoms with E-state index in [-0.39, 0.29) is 18.2 Å². The number of hydrogen-bond acceptors (Lipinski definition) is 2. The van der Waals surface area contributed by atoms with E-state index >= 15 is 0 Å². The second-order valence-electron chi connectivity index (χ2n) is 6.91. The average molecular weight is 384 g/mol. The fraction of sp³-hybridized carbons (Fsp3) is 0.391. The van der Waals surface area contributed by atoms with Crippen LogP contribution in [0.3, 0.4) is 0 Å². The summed E-state index contributed by atoms with van der Waals surface area (Å²) in [4.78, 5) is 27.0. The molecular formula is C23H29FN2O2. The number of carbonyl (C=O) groups is 2. The molecule has 28 heavy (non-hydrogen) atoms. The van der Waals surface area contributed by atoms with Crippen LogP contribution in [-0.4, -0.2) is 35.8 Å². The van der Waals surface area contributed by atoms with Gasteiger partial charge in [-0.05, 0) is 37.0 Å². The van der Waals surface area contributed by atoms with E-state index in [0.29, 0.717) is 25.1 Å². The SMILES string of the molecule is CCCCNC(=O)[C@H](C)N(CCc1ccccc1)C(=O)Cc1ccccc1F. The highest BCUT2D eigenvalue weighted by atomic mass is 19.1. The van der Waals surface area contributed by atoms with Crippen molar-refractivity contribution in [2.24, 2.45) is 0 Å². The van der Waals surface area contributed by atoms with Crippen molar-refractivity contribution in [3.8, 4) is 0 Å². The first-order valence-corrected chi connectivity index (χ1v) is 9.87. The Morgan fingerprint density at radius 1 is 1.07 bits per heavy atom. The second kappa shape index (κ2) is 11.2. The van der Waals surface area contributed by atoms with E-state index in [1.54, 1.807) is 30.0 Å². The fourth-order valence-electron chi connectivity index (χ4n) is 3.01. The minimum atomic E-state index is -0.611. The molecule has 2 aromatic rings. The average Bonchev–Trinajstić information content (AvgIpc) is 2.70. The minimum absolute atomic E-state index is 0.0615. The lowest BCUT2D eigenvalue weighted by Gasteiger charge is -2.29. The van der Waals surface area contributed by atoms with Crippen molar-refractivity contribution in [3.05, 3.63) is 71.5 Å². The molecule has 0 fully saturated rings. The Morgan fingerprint density at radius 2 is 1.75 bits per heavy atom. The molecule has 2 aromatic carbocycles. The van der Waals surface area contributed by atoms with Crippen molar-refractivity contribution in [3.63, 3.8) is 0 Å². The third-order valence-electron chi connectivity index (χ3n) is 4.78. The summed E-state index contributed by atoms with van der Waals surface area (Å²) in [6.07, 6.45) is 2.45. The van der Waals surface area contributed by atoms with Gasteiger partial charge < -0.3 is 10.2 Å².